The minimum Gasteiger partial charge on any atom is -0.392 e. The van der Waals surface area contributed by atoms with E-state index >= 15 is 0 Å². The van der Waals surface area contributed by atoms with Crippen molar-refractivity contribution >= 4 is 23.1 Å². The van der Waals surface area contributed by atoms with E-state index in [2.05, 4.69) is 0 Å². The Bertz CT molecular complexity index is 359. The standard InChI is InChI=1S/C10H14F4N2O2S/c11-6(12)10(13,14)5-16-8(17)9(7(15)19)1-3-18-4-2-9/h6H,1-5H2,(H2,15,19)(H,16,17). The zero-order valence-corrected chi connectivity index (χ0v) is 10.7. The predicted octanol–water partition coefficient (Wildman–Crippen LogP) is 1.09. The van der Waals surface area contributed by atoms with Crippen LogP contribution in [0, 0.1) is 5.41 Å². The van der Waals surface area contributed by atoms with Crippen molar-refractivity contribution in [1.29, 1.82) is 0 Å². The van der Waals surface area contributed by atoms with Gasteiger partial charge in [0.1, 0.15) is 5.41 Å². The molecule has 1 aliphatic heterocycles. The topological polar surface area (TPSA) is 64.4 Å². The van der Waals surface area contributed by atoms with Crippen LogP contribution in [-0.4, -0.2) is 43.0 Å². The molecular weight excluding hydrogens is 288 g/mol. The molecule has 0 aliphatic carbocycles. The quantitative estimate of drug-likeness (QED) is 0.589. The third kappa shape index (κ3) is 3.53. The molecule has 0 aromatic rings. The van der Waals surface area contributed by atoms with Gasteiger partial charge < -0.3 is 15.8 Å². The van der Waals surface area contributed by atoms with Gasteiger partial charge in [-0.05, 0) is 12.8 Å². The van der Waals surface area contributed by atoms with Crippen LogP contribution in [0.4, 0.5) is 17.6 Å². The molecule has 4 nitrogen and oxygen atoms in total. The summed E-state index contributed by atoms with van der Waals surface area (Å²) < 4.78 is 54.5. The number of thiocarbonyl (C=S) groups is 1. The molecule has 0 spiro atoms. The number of nitrogens with one attached hydrogen (secondary N) is 1. The second-order valence-electron chi connectivity index (χ2n) is 4.30. The predicted molar refractivity (Wildman–Crippen MR) is 63.2 cm³/mol. The summed E-state index contributed by atoms with van der Waals surface area (Å²) in [6.07, 6.45) is -3.55. The second-order valence-corrected chi connectivity index (χ2v) is 4.74. The molecule has 0 saturated carbocycles. The molecule has 1 aliphatic rings. The van der Waals surface area contributed by atoms with Crippen molar-refractivity contribution in [2.24, 2.45) is 11.1 Å². The molecule has 0 atom stereocenters. The van der Waals surface area contributed by atoms with Crippen LogP contribution in [0.2, 0.25) is 0 Å². The van der Waals surface area contributed by atoms with E-state index in [1.54, 1.807) is 5.32 Å². The second kappa shape index (κ2) is 6.00. The van der Waals surface area contributed by atoms with E-state index in [0.29, 0.717) is 0 Å². The van der Waals surface area contributed by atoms with Gasteiger partial charge in [0.25, 0.3) is 0 Å². The number of carbonyl (C=O) groups excluding carboxylic acids is 1. The first kappa shape index (κ1) is 16.1. The summed E-state index contributed by atoms with van der Waals surface area (Å²) in [7, 11) is 0. The number of hydrogen-bond donors (Lipinski definition) is 2. The molecule has 19 heavy (non-hydrogen) atoms. The molecule has 0 radical (unpaired) electrons. The molecule has 0 bridgehead atoms. The van der Waals surface area contributed by atoms with Gasteiger partial charge in [0, 0.05) is 13.2 Å². The number of amides is 1. The van der Waals surface area contributed by atoms with E-state index in [9.17, 15) is 22.4 Å². The van der Waals surface area contributed by atoms with Crippen LogP contribution in [0.15, 0.2) is 0 Å². The normalized spacial score (nSPS) is 19.2. The smallest absolute Gasteiger partial charge is 0.324 e. The monoisotopic (exact) mass is 302 g/mol. The average Bonchev–Trinajstić information content (AvgIpc) is 2.36. The zero-order valence-electron chi connectivity index (χ0n) is 9.93. The van der Waals surface area contributed by atoms with Gasteiger partial charge in [0.05, 0.1) is 11.5 Å². The molecule has 1 amide bonds. The lowest BCUT2D eigenvalue weighted by atomic mass is 9.79. The number of hydrogen-bond acceptors (Lipinski definition) is 3. The lowest BCUT2D eigenvalue weighted by molar-refractivity contribution is -0.142. The van der Waals surface area contributed by atoms with Crippen molar-refractivity contribution in [2.45, 2.75) is 25.2 Å². The largest absolute Gasteiger partial charge is 0.392 e. The van der Waals surface area contributed by atoms with Crippen LogP contribution in [0.3, 0.4) is 0 Å². The number of carbonyl (C=O) groups is 1. The Balaban J connectivity index is 2.72. The molecule has 9 heteroatoms. The Morgan fingerprint density at radius 3 is 2.37 bits per heavy atom. The molecule has 1 heterocycles. The van der Waals surface area contributed by atoms with Crippen LogP contribution in [0.25, 0.3) is 0 Å². The van der Waals surface area contributed by atoms with E-state index in [1.165, 1.54) is 0 Å². The Morgan fingerprint density at radius 2 is 1.95 bits per heavy atom. The van der Waals surface area contributed by atoms with Crippen molar-refractivity contribution in [3.8, 4) is 0 Å². The SMILES string of the molecule is NC(=S)C1(C(=O)NCC(F)(F)C(F)F)CCOCC1. The van der Waals surface area contributed by atoms with Crippen molar-refractivity contribution in [3.05, 3.63) is 0 Å². The van der Waals surface area contributed by atoms with Crippen LogP contribution in [0.1, 0.15) is 12.8 Å². The highest BCUT2D eigenvalue weighted by molar-refractivity contribution is 7.80. The van der Waals surface area contributed by atoms with Gasteiger partial charge in [0.15, 0.2) is 0 Å². The van der Waals surface area contributed by atoms with Gasteiger partial charge >= 0.3 is 12.3 Å². The van der Waals surface area contributed by atoms with Crippen LogP contribution < -0.4 is 11.1 Å². The van der Waals surface area contributed by atoms with Crippen molar-refractivity contribution < 1.29 is 27.1 Å². The summed E-state index contributed by atoms with van der Waals surface area (Å²) in [5, 5.41) is 1.80. The highest BCUT2D eigenvalue weighted by Gasteiger charge is 2.46. The van der Waals surface area contributed by atoms with E-state index in [1.807, 2.05) is 0 Å². The fourth-order valence-corrected chi connectivity index (χ4v) is 2.05. The fraction of sp³-hybridized carbons (Fsp3) is 0.800. The number of ether oxygens (including phenoxy) is 1. The Labute approximate surface area is 112 Å². The maximum atomic E-state index is 12.7. The Hall–Kier alpha value is -0.960. The van der Waals surface area contributed by atoms with Gasteiger partial charge in [0.2, 0.25) is 5.91 Å². The molecule has 0 aromatic carbocycles. The van der Waals surface area contributed by atoms with Gasteiger partial charge in [-0.3, -0.25) is 4.79 Å². The first-order valence-electron chi connectivity index (χ1n) is 5.54. The van der Waals surface area contributed by atoms with Crippen molar-refractivity contribution in [2.75, 3.05) is 19.8 Å². The maximum Gasteiger partial charge on any atom is 0.324 e. The summed E-state index contributed by atoms with van der Waals surface area (Å²) in [5.74, 6) is -5.14. The lowest BCUT2D eigenvalue weighted by Crippen LogP contribution is -2.54. The van der Waals surface area contributed by atoms with Gasteiger partial charge in [-0.2, -0.15) is 8.78 Å². The summed E-state index contributed by atoms with van der Waals surface area (Å²) in [5.41, 5.74) is 4.18. The highest BCUT2D eigenvalue weighted by Crippen LogP contribution is 2.32. The minimum absolute atomic E-state index is 0.145. The third-order valence-corrected chi connectivity index (χ3v) is 3.45. The van der Waals surface area contributed by atoms with Gasteiger partial charge in [-0.15, -0.1) is 0 Å². The summed E-state index contributed by atoms with van der Waals surface area (Å²) in [6.45, 7) is -1.04. The van der Waals surface area contributed by atoms with Crippen molar-refractivity contribution in [1.82, 2.24) is 5.32 Å². The Morgan fingerprint density at radius 1 is 1.42 bits per heavy atom. The first-order chi connectivity index (χ1) is 8.72. The molecule has 1 fully saturated rings. The molecule has 1 rings (SSSR count). The highest BCUT2D eigenvalue weighted by atomic mass is 32.1. The Kier molecular flexibility index (Phi) is 5.08. The van der Waals surface area contributed by atoms with E-state index in [-0.39, 0.29) is 31.0 Å². The van der Waals surface area contributed by atoms with E-state index in [0.717, 1.165) is 0 Å². The molecule has 110 valence electrons. The third-order valence-electron chi connectivity index (χ3n) is 3.06. The molecule has 0 unspecified atom stereocenters. The summed E-state index contributed by atoms with van der Waals surface area (Å²) >= 11 is 4.79. The minimum atomic E-state index is -4.28. The number of nitrogens with two attached hydrogens (primary N) is 1. The molecular formula is C10H14F4N2O2S. The summed E-state index contributed by atoms with van der Waals surface area (Å²) in [6, 6.07) is 0. The summed E-state index contributed by atoms with van der Waals surface area (Å²) in [4.78, 5) is 11.8. The molecule has 3 N–H and O–H groups in total. The van der Waals surface area contributed by atoms with Crippen LogP contribution in [-0.2, 0) is 9.53 Å². The number of rotatable bonds is 5. The average molecular weight is 302 g/mol. The van der Waals surface area contributed by atoms with E-state index < -0.39 is 30.2 Å². The first-order valence-corrected chi connectivity index (χ1v) is 5.95. The van der Waals surface area contributed by atoms with Crippen LogP contribution >= 0.6 is 12.2 Å². The molecule has 0 aromatic heterocycles. The molecule has 1 saturated heterocycles. The van der Waals surface area contributed by atoms with Gasteiger partial charge in [-0.1, -0.05) is 12.2 Å². The zero-order chi connectivity index (χ0) is 14.7. The van der Waals surface area contributed by atoms with Crippen LogP contribution in [0.5, 0.6) is 0 Å². The van der Waals surface area contributed by atoms with Crippen molar-refractivity contribution in [3.63, 3.8) is 0 Å². The number of alkyl halides is 4. The lowest BCUT2D eigenvalue weighted by Gasteiger charge is -2.35. The fourth-order valence-electron chi connectivity index (χ4n) is 1.75. The maximum absolute atomic E-state index is 12.7. The van der Waals surface area contributed by atoms with E-state index in [4.69, 9.17) is 22.7 Å². The number of halogens is 4. The van der Waals surface area contributed by atoms with Gasteiger partial charge in [-0.25, -0.2) is 8.78 Å².